The van der Waals surface area contributed by atoms with Crippen LogP contribution in [0.5, 0.6) is 5.75 Å². The van der Waals surface area contributed by atoms with Crippen LogP contribution < -0.4 is 10.1 Å². The molecular weight excluding hydrogens is 320 g/mol. The van der Waals surface area contributed by atoms with Crippen LogP contribution in [0.25, 0.3) is 0 Å². The molecule has 3 rings (SSSR count). The smallest absolute Gasteiger partial charge is 0.318 e. The maximum atomic E-state index is 12.8. The Balaban J connectivity index is 1.70. The quantitative estimate of drug-likeness (QED) is 0.798. The van der Waals surface area contributed by atoms with Crippen molar-refractivity contribution in [3.05, 3.63) is 52.2 Å². The maximum absolute atomic E-state index is 12.8. The minimum atomic E-state index is 0.00232. The number of nitrogens with zero attached hydrogens (tertiary/aromatic N) is 1. The van der Waals surface area contributed by atoms with Crippen molar-refractivity contribution in [3.8, 4) is 5.75 Å². The summed E-state index contributed by atoms with van der Waals surface area (Å²) in [6.45, 7) is 5.22. The zero-order valence-corrected chi connectivity index (χ0v) is 15.0. The van der Waals surface area contributed by atoms with Crippen molar-refractivity contribution in [1.82, 2.24) is 10.2 Å². The molecule has 1 aromatic heterocycles. The number of rotatable bonds is 7. The molecule has 5 heteroatoms. The molecule has 0 saturated heterocycles. The molecule has 0 radical (unpaired) electrons. The van der Waals surface area contributed by atoms with Crippen LogP contribution in [0.3, 0.4) is 0 Å². The molecule has 0 unspecified atom stereocenters. The number of thiophene rings is 1. The molecule has 2 aromatic rings. The summed E-state index contributed by atoms with van der Waals surface area (Å²) < 4.78 is 5.70. The fraction of sp³-hybridized carbons (Fsp3) is 0.421. The molecule has 1 fully saturated rings. The van der Waals surface area contributed by atoms with Crippen LogP contribution in [0, 0.1) is 0 Å². The van der Waals surface area contributed by atoms with Gasteiger partial charge in [-0.25, -0.2) is 4.79 Å². The molecule has 1 atom stereocenters. The number of ether oxygens (including phenoxy) is 1. The van der Waals surface area contributed by atoms with Crippen LogP contribution >= 0.6 is 11.3 Å². The Morgan fingerprint density at radius 1 is 1.38 bits per heavy atom. The van der Waals surface area contributed by atoms with Crippen LogP contribution in [0.4, 0.5) is 4.79 Å². The third-order valence-electron chi connectivity index (χ3n) is 4.24. The van der Waals surface area contributed by atoms with Crippen LogP contribution in [0.2, 0.25) is 0 Å². The average Bonchev–Trinajstić information content (AvgIpc) is 3.26. The molecule has 1 N–H and O–H groups in total. The fourth-order valence-corrected chi connectivity index (χ4v) is 3.49. The molecule has 1 aliphatic carbocycles. The summed E-state index contributed by atoms with van der Waals surface area (Å²) >= 11 is 1.65. The van der Waals surface area contributed by atoms with Gasteiger partial charge in [-0.3, -0.25) is 0 Å². The van der Waals surface area contributed by atoms with Crippen molar-refractivity contribution in [2.45, 2.75) is 45.3 Å². The molecule has 1 heterocycles. The number of amides is 2. The molecule has 1 aliphatic rings. The summed E-state index contributed by atoms with van der Waals surface area (Å²) in [6.07, 6.45) is 2.16. The lowest BCUT2D eigenvalue weighted by atomic mass is 10.1. The first-order valence-electron chi connectivity index (χ1n) is 8.49. The highest BCUT2D eigenvalue weighted by Crippen LogP contribution is 2.31. The SMILES string of the molecule is CCOc1ccccc1CN(C(=O)N[C@H](C)c1ccsc1)C1CC1. The van der Waals surface area contributed by atoms with Gasteiger partial charge in [-0.05, 0) is 55.1 Å². The van der Waals surface area contributed by atoms with Crippen molar-refractivity contribution in [2.75, 3.05) is 6.61 Å². The Labute approximate surface area is 147 Å². The molecule has 1 aromatic carbocycles. The van der Waals surface area contributed by atoms with E-state index in [2.05, 4.69) is 16.8 Å². The summed E-state index contributed by atoms with van der Waals surface area (Å²) in [5.74, 6) is 0.865. The zero-order valence-electron chi connectivity index (χ0n) is 14.2. The molecule has 0 bridgehead atoms. The summed E-state index contributed by atoms with van der Waals surface area (Å²) in [6, 6.07) is 10.4. The topological polar surface area (TPSA) is 41.6 Å². The normalized spacial score (nSPS) is 14.9. The van der Waals surface area contributed by atoms with Crippen molar-refractivity contribution in [2.24, 2.45) is 0 Å². The van der Waals surface area contributed by atoms with Gasteiger partial charge in [0.2, 0.25) is 0 Å². The predicted octanol–water partition coefficient (Wildman–Crippen LogP) is 4.58. The van der Waals surface area contributed by atoms with Crippen molar-refractivity contribution >= 4 is 17.4 Å². The van der Waals surface area contributed by atoms with E-state index in [1.54, 1.807) is 11.3 Å². The van der Waals surface area contributed by atoms with Gasteiger partial charge in [-0.1, -0.05) is 18.2 Å². The van der Waals surface area contributed by atoms with Crippen LogP contribution in [0.1, 0.15) is 43.9 Å². The van der Waals surface area contributed by atoms with Gasteiger partial charge < -0.3 is 15.0 Å². The van der Waals surface area contributed by atoms with Gasteiger partial charge in [0, 0.05) is 11.6 Å². The molecule has 2 amide bonds. The van der Waals surface area contributed by atoms with E-state index in [-0.39, 0.29) is 12.1 Å². The molecule has 1 saturated carbocycles. The predicted molar refractivity (Wildman–Crippen MR) is 97.4 cm³/mol. The van der Waals surface area contributed by atoms with Gasteiger partial charge >= 0.3 is 6.03 Å². The van der Waals surface area contributed by atoms with Gasteiger partial charge in [0.05, 0.1) is 19.2 Å². The van der Waals surface area contributed by atoms with E-state index in [0.29, 0.717) is 19.2 Å². The highest BCUT2D eigenvalue weighted by atomic mass is 32.1. The molecule has 0 spiro atoms. The summed E-state index contributed by atoms with van der Waals surface area (Å²) in [5, 5.41) is 7.25. The molecule has 128 valence electrons. The molecule has 4 nitrogen and oxygen atoms in total. The van der Waals surface area contributed by atoms with Gasteiger partial charge in [0.15, 0.2) is 0 Å². The number of hydrogen-bond donors (Lipinski definition) is 1. The number of benzene rings is 1. The molecular formula is C19H24N2O2S. The minimum absolute atomic E-state index is 0.00232. The van der Waals surface area contributed by atoms with Crippen molar-refractivity contribution < 1.29 is 9.53 Å². The second-order valence-electron chi connectivity index (χ2n) is 6.13. The van der Waals surface area contributed by atoms with Crippen molar-refractivity contribution in [3.63, 3.8) is 0 Å². The Kier molecular flexibility index (Phi) is 5.41. The summed E-state index contributed by atoms with van der Waals surface area (Å²) in [7, 11) is 0. The van der Waals surface area contributed by atoms with Crippen LogP contribution in [0.15, 0.2) is 41.1 Å². The minimum Gasteiger partial charge on any atom is -0.494 e. The van der Waals surface area contributed by atoms with Crippen LogP contribution in [-0.2, 0) is 6.54 Å². The van der Waals surface area contributed by atoms with E-state index in [1.165, 1.54) is 0 Å². The van der Waals surface area contributed by atoms with Gasteiger partial charge in [-0.15, -0.1) is 0 Å². The largest absolute Gasteiger partial charge is 0.494 e. The van der Waals surface area contributed by atoms with Gasteiger partial charge in [0.25, 0.3) is 0 Å². The number of para-hydroxylation sites is 1. The average molecular weight is 344 g/mol. The first-order valence-corrected chi connectivity index (χ1v) is 9.43. The second-order valence-corrected chi connectivity index (χ2v) is 6.91. The van der Waals surface area contributed by atoms with E-state index in [0.717, 1.165) is 29.7 Å². The monoisotopic (exact) mass is 344 g/mol. The molecule has 24 heavy (non-hydrogen) atoms. The third-order valence-corrected chi connectivity index (χ3v) is 4.95. The number of urea groups is 1. The van der Waals surface area contributed by atoms with E-state index in [4.69, 9.17) is 4.74 Å². The Morgan fingerprint density at radius 3 is 2.83 bits per heavy atom. The molecule has 0 aliphatic heterocycles. The number of carbonyl (C=O) groups is 1. The van der Waals surface area contributed by atoms with Gasteiger partial charge in [-0.2, -0.15) is 11.3 Å². The second kappa shape index (κ2) is 7.71. The zero-order chi connectivity index (χ0) is 16.9. The van der Waals surface area contributed by atoms with Crippen molar-refractivity contribution in [1.29, 1.82) is 0 Å². The summed E-state index contributed by atoms with van der Waals surface area (Å²) in [4.78, 5) is 14.7. The van der Waals surface area contributed by atoms with E-state index in [1.807, 2.05) is 48.4 Å². The standard InChI is InChI=1S/C19H24N2O2S/c1-3-23-18-7-5-4-6-15(18)12-21(17-8-9-17)19(22)20-14(2)16-10-11-24-13-16/h4-7,10-11,13-14,17H,3,8-9,12H2,1-2H3,(H,20,22)/t14-/m1/s1. The number of hydrogen-bond acceptors (Lipinski definition) is 3. The number of carbonyl (C=O) groups excluding carboxylic acids is 1. The summed E-state index contributed by atoms with van der Waals surface area (Å²) in [5.41, 5.74) is 2.21. The van der Waals surface area contributed by atoms with E-state index in [9.17, 15) is 4.79 Å². The Bertz CT molecular complexity index is 668. The highest BCUT2D eigenvalue weighted by Gasteiger charge is 2.33. The first kappa shape index (κ1) is 16.8. The lowest BCUT2D eigenvalue weighted by Gasteiger charge is -2.26. The maximum Gasteiger partial charge on any atom is 0.318 e. The van der Waals surface area contributed by atoms with E-state index >= 15 is 0 Å². The van der Waals surface area contributed by atoms with Crippen LogP contribution in [-0.4, -0.2) is 23.6 Å². The third kappa shape index (κ3) is 4.09. The Morgan fingerprint density at radius 2 is 2.17 bits per heavy atom. The lowest BCUT2D eigenvalue weighted by Crippen LogP contribution is -2.41. The highest BCUT2D eigenvalue weighted by molar-refractivity contribution is 7.07. The number of nitrogens with one attached hydrogen (secondary N) is 1. The fourth-order valence-electron chi connectivity index (χ4n) is 2.74. The van der Waals surface area contributed by atoms with E-state index < -0.39 is 0 Å². The van der Waals surface area contributed by atoms with Gasteiger partial charge in [0.1, 0.15) is 5.75 Å². The first-order chi connectivity index (χ1) is 11.7. The lowest BCUT2D eigenvalue weighted by molar-refractivity contribution is 0.187. The Hall–Kier alpha value is -2.01.